The molecule has 0 unspecified atom stereocenters. The van der Waals surface area contributed by atoms with Gasteiger partial charge in [0.25, 0.3) is 0 Å². The van der Waals surface area contributed by atoms with Crippen LogP contribution in [0.5, 0.6) is 5.75 Å². The average molecular weight is 267 g/mol. The summed E-state index contributed by atoms with van der Waals surface area (Å²) in [6.45, 7) is 5.18. The van der Waals surface area contributed by atoms with E-state index in [0.29, 0.717) is 12.3 Å². The van der Waals surface area contributed by atoms with Crippen molar-refractivity contribution in [2.45, 2.75) is 38.8 Å². The van der Waals surface area contributed by atoms with E-state index in [1.165, 1.54) is 6.07 Å². The highest BCUT2D eigenvalue weighted by molar-refractivity contribution is 5.29. The molecule has 0 aliphatic carbocycles. The van der Waals surface area contributed by atoms with Gasteiger partial charge in [0.05, 0.1) is 13.2 Å². The molecule has 2 rings (SSSR count). The molecule has 106 valence electrons. The van der Waals surface area contributed by atoms with Crippen LogP contribution in [0, 0.1) is 5.82 Å². The van der Waals surface area contributed by atoms with Crippen LogP contribution in [0.4, 0.5) is 4.39 Å². The molecule has 1 N–H and O–H groups in total. The Hall–Kier alpha value is -1.13. The number of hydrogen-bond acceptors (Lipinski definition) is 3. The molecular weight excluding hydrogens is 245 g/mol. The van der Waals surface area contributed by atoms with Gasteiger partial charge in [0.15, 0.2) is 0 Å². The standard InChI is InChI=1S/C15H22FNO2/c1-2-5-17-11-12-8-13(16)10-15(9-12)19-14-3-6-18-7-4-14/h8-10,14,17H,2-7,11H2,1H3. The maximum absolute atomic E-state index is 13.6. The molecule has 4 heteroatoms. The van der Waals surface area contributed by atoms with Gasteiger partial charge in [0.2, 0.25) is 0 Å². The monoisotopic (exact) mass is 267 g/mol. The fourth-order valence-corrected chi connectivity index (χ4v) is 2.19. The Kier molecular flexibility index (Phi) is 5.61. The summed E-state index contributed by atoms with van der Waals surface area (Å²) in [6, 6.07) is 4.93. The van der Waals surface area contributed by atoms with Crippen molar-refractivity contribution in [1.82, 2.24) is 5.32 Å². The third-order valence-corrected chi connectivity index (χ3v) is 3.16. The topological polar surface area (TPSA) is 30.5 Å². The molecule has 1 aromatic rings. The van der Waals surface area contributed by atoms with Crippen molar-refractivity contribution < 1.29 is 13.9 Å². The Morgan fingerprint density at radius 2 is 2.11 bits per heavy atom. The lowest BCUT2D eigenvalue weighted by Gasteiger charge is -2.23. The van der Waals surface area contributed by atoms with Crippen LogP contribution in [-0.4, -0.2) is 25.9 Å². The maximum atomic E-state index is 13.6. The first-order valence-electron chi connectivity index (χ1n) is 7.02. The van der Waals surface area contributed by atoms with Gasteiger partial charge in [-0.25, -0.2) is 4.39 Å². The van der Waals surface area contributed by atoms with Crippen LogP contribution in [-0.2, 0) is 11.3 Å². The minimum atomic E-state index is -0.238. The Bertz CT molecular complexity index is 392. The van der Waals surface area contributed by atoms with Gasteiger partial charge < -0.3 is 14.8 Å². The SMILES string of the molecule is CCCNCc1cc(F)cc(OC2CCOCC2)c1. The van der Waals surface area contributed by atoms with E-state index in [-0.39, 0.29) is 11.9 Å². The van der Waals surface area contributed by atoms with Gasteiger partial charge in [-0.1, -0.05) is 6.92 Å². The smallest absolute Gasteiger partial charge is 0.127 e. The van der Waals surface area contributed by atoms with Crippen LogP contribution >= 0.6 is 0 Å². The zero-order chi connectivity index (χ0) is 13.5. The Labute approximate surface area is 114 Å². The number of hydrogen-bond donors (Lipinski definition) is 1. The Balaban J connectivity index is 1.95. The molecule has 1 aliphatic heterocycles. The summed E-state index contributed by atoms with van der Waals surface area (Å²) in [4.78, 5) is 0. The average Bonchev–Trinajstić information content (AvgIpc) is 2.39. The van der Waals surface area contributed by atoms with Crippen molar-refractivity contribution in [2.75, 3.05) is 19.8 Å². The van der Waals surface area contributed by atoms with Gasteiger partial charge >= 0.3 is 0 Å². The molecule has 3 nitrogen and oxygen atoms in total. The zero-order valence-corrected chi connectivity index (χ0v) is 11.5. The fraction of sp³-hybridized carbons (Fsp3) is 0.600. The van der Waals surface area contributed by atoms with E-state index in [0.717, 1.165) is 44.6 Å². The van der Waals surface area contributed by atoms with Crippen molar-refractivity contribution in [3.63, 3.8) is 0 Å². The predicted octanol–water partition coefficient (Wildman–Crippen LogP) is 2.88. The molecular formula is C15H22FNO2. The summed E-state index contributed by atoms with van der Waals surface area (Å²) in [7, 11) is 0. The van der Waals surface area contributed by atoms with Crippen LogP contribution in [0.1, 0.15) is 31.7 Å². The van der Waals surface area contributed by atoms with Gasteiger partial charge in [0.1, 0.15) is 17.7 Å². The molecule has 0 atom stereocenters. The molecule has 1 saturated heterocycles. The summed E-state index contributed by atoms with van der Waals surface area (Å²) in [5.74, 6) is 0.387. The molecule has 1 aromatic carbocycles. The van der Waals surface area contributed by atoms with Gasteiger partial charge in [0, 0.05) is 25.5 Å². The first-order valence-corrected chi connectivity index (χ1v) is 7.02. The third kappa shape index (κ3) is 4.80. The molecule has 1 aliphatic rings. The van der Waals surface area contributed by atoms with Crippen LogP contribution in [0.2, 0.25) is 0 Å². The number of benzene rings is 1. The highest BCUT2D eigenvalue weighted by Gasteiger charge is 2.15. The second-order valence-electron chi connectivity index (χ2n) is 4.90. The molecule has 0 saturated carbocycles. The van der Waals surface area contributed by atoms with Crippen molar-refractivity contribution in [1.29, 1.82) is 0 Å². The Morgan fingerprint density at radius 1 is 1.32 bits per heavy atom. The van der Waals surface area contributed by atoms with E-state index in [9.17, 15) is 4.39 Å². The number of nitrogens with one attached hydrogen (secondary N) is 1. The molecule has 0 amide bonds. The summed E-state index contributed by atoms with van der Waals surface area (Å²) >= 11 is 0. The minimum absolute atomic E-state index is 0.145. The first kappa shape index (κ1) is 14.3. The van der Waals surface area contributed by atoms with Gasteiger partial charge in [-0.05, 0) is 30.7 Å². The summed E-state index contributed by atoms with van der Waals surface area (Å²) in [5, 5.41) is 3.27. The summed E-state index contributed by atoms with van der Waals surface area (Å²) < 4.78 is 24.7. The Morgan fingerprint density at radius 3 is 2.84 bits per heavy atom. The molecule has 0 bridgehead atoms. The van der Waals surface area contributed by atoms with E-state index in [4.69, 9.17) is 9.47 Å². The van der Waals surface area contributed by atoms with E-state index in [2.05, 4.69) is 12.2 Å². The first-order chi connectivity index (χ1) is 9.28. The number of rotatable bonds is 6. The molecule has 19 heavy (non-hydrogen) atoms. The normalized spacial score (nSPS) is 16.5. The summed E-state index contributed by atoms with van der Waals surface area (Å²) in [5.41, 5.74) is 0.926. The quantitative estimate of drug-likeness (QED) is 0.804. The van der Waals surface area contributed by atoms with Gasteiger partial charge in [-0.2, -0.15) is 0 Å². The highest BCUT2D eigenvalue weighted by Crippen LogP contribution is 2.21. The maximum Gasteiger partial charge on any atom is 0.127 e. The third-order valence-electron chi connectivity index (χ3n) is 3.16. The molecule has 0 aromatic heterocycles. The summed E-state index contributed by atoms with van der Waals surface area (Å²) in [6.07, 6.45) is 2.97. The molecule has 0 radical (unpaired) electrons. The predicted molar refractivity (Wildman–Crippen MR) is 72.9 cm³/mol. The molecule has 1 heterocycles. The second kappa shape index (κ2) is 7.46. The second-order valence-corrected chi connectivity index (χ2v) is 4.90. The van der Waals surface area contributed by atoms with E-state index in [1.807, 2.05) is 6.07 Å². The minimum Gasteiger partial charge on any atom is -0.490 e. The largest absolute Gasteiger partial charge is 0.490 e. The highest BCUT2D eigenvalue weighted by atomic mass is 19.1. The lowest BCUT2D eigenvalue weighted by Crippen LogP contribution is -2.26. The van der Waals surface area contributed by atoms with Crippen molar-refractivity contribution in [2.24, 2.45) is 0 Å². The fourth-order valence-electron chi connectivity index (χ4n) is 2.19. The van der Waals surface area contributed by atoms with Gasteiger partial charge in [-0.15, -0.1) is 0 Å². The van der Waals surface area contributed by atoms with E-state index >= 15 is 0 Å². The van der Waals surface area contributed by atoms with Crippen LogP contribution in [0.15, 0.2) is 18.2 Å². The van der Waals surface area contributed by atoms with Crippen molar-refractivity contribution >= 4 is 0 Å². The lowest BCUT2D eigenvalue weighted by molar-refractivity contribution is 0.0254. The lowest BCUT2D eigenvalue weighted by atomic mass is 10.1. The zero-order valence-electron chi connectivity index (χ0n) is 11.5. The van der Waals surface area contributed by atoms with Crippen LogP contribution < -0.4 is 10.1 Å². The van der Waals surface area contributed by atoms with Gasteiger partial charge in [-0.3, -0.25) is 0 Å². The number of ether oxygens (including phenoxy) is 2. The van der Waals surface area contributed by atoms with Crippen molar-refractivity contribution in [3.8, 4) is 5.75 Å². The van der Waals surface area contributed by atoms with Crippen LogP contribution in [0.3, 0.4) is 0 Å². The van der Waals surface area contributed by atoms with Crippen molar-refractivity contribution in [3.05, 3.63) is 29.6 Å². The number of halogens is 1. The van der Waals surface area contributed by atoms with E-state index in [1.54, 1.807) is 6.07 Å². The molecule has 1 fully saturated rings. The molecule has 0 spiro atoms. The van der Waals surface area contributed by atoms with E-state index < -0.39 is 0 Å². The van der Waals surface area contributed by atoms with Crippen LogP contribution in [0.25, 0.3) is 0 Å².